The van der Waals surface area contributed by atoms with Gasteiger partial charge in [0.05, 0.1) is 6.54 Å². The summed E-state index contributed by atoms with van der Waals surface area (Å²) < 4.78 is 0. The molecule has 0 fully saturated rings. The quantitative estimate of drug-likeness (QED) is 0.620. The molecule has 3 nitrogen and oxygen atoms in total. The Morgan fingerprint density at radius 1 is 1.30 bits per heavy atom. The van der Waals surface area contributed by atoms with Crippen molar-refractivity contribution in [2.45, 2.75) is 6.92 Å². The molecule has 20 heavy (non-hydrogen) atoms. The third-order valence-corrected chi connectivity index (χ3v) is 4.32. The van der Waals surface area contributed by atoms with Crippen LogP contribution in [-0.2, 0) is 0 Å². The van der Waals surface area contributed by atoms with Gasteiger partial charge < -0.3 is 10.0 Å². The van der Waals surface area contributed by atoms with Gasteiger partial charge in [0.15, 0.2) is 0 Å². The summed E-state index contributed by atoms with van der Waals surface area (Å²) in [5, 5.41) is 10.9. The molecular weight excluding hydrogens is 288 g/mol. The van der Waals surface area contributed by atoms with Gasteiger partial charge in [0.2, 0.25) is 0 Å². The number of hydrogen-bond acceptors (Lipinski definition) is 5. The highest BCUT2D eigenvalue weighted by molar-refractivity contribution is 8.13. The predicted molar refractivity (Wildman–Crippen MR) is 93.6 cm³/mol. The van der Waals surface area contributed by atoms with Crippen LogP contribution < -0.4 is 0 Å². The molecule has 0 saturated carbocycles. The van der Waals surface area contributed by atoms with Gasteiger partial charge in [-0.1, -0.05) is 11.6 Å². The summed E-state index contributed by atoms with van der Waals surface area (Å²) >= 11 is 3.44. The Hall–Kier alpha value is -0.650. The van der Waals surface area contributed by atoms with Crippen molar-refractivity contribution < 1.29 is 5.11 Å². The molecule has 1 aromatic rings. The lowest BCUT2D eigenvalue weighted by Crippen LogP contribution is -2.24. The van der Waals surface area contributed by atoms with E-state index in [1.807, 2.05) is 37.1 Å². The smallest absolute Gasteiger partial charge is 0.125 e. The third-order valence-electron chi connectivity index (χ3n) is 2.99. The van der Waals surface area contributed by atoms with Crippen LogP contribution in [0.15, 0.2) is 23.2 Å². The molecule has 1 N–H and O–H groups in total. The van der Waals surface area contributed by atoms with Gasteiger partial charge in [-0.3, -0.25) is 4.99 Å². The molecule has 0 atom stereocenters. The lowest BCUT2D eigenvalue weighted by Gasteiger charge is -2.14. The van der Waals surface area contributed by atoms with Gasteiger partial charge in [-0.15, -0.1) is 11.8 Å². The number of aromatic hydroxyl groups is 1. The Morgan fingerprint density at radius 3 is 2.70 bits per heavy atom. The van der Waals surface area contributed by atoms with E-state index in [9.17, 15) is 5.11 Å². The van der Waals surface area contributed by atoms with Crippen LogP contribution in [0.25, 0.3) is 0 Å². The second-order valence-corrected chi connectivity index (χ2v) is 6.49. The highest BCUT2D eigenvalue weighted by Gasteiger charge is 2.08. The number of benzene rings is 1. The van der Waals surface area contributed by atoms with E-state index in [-0.39, 0.29) is 0 Å². The van der Waals surface area contributed by atoms with Crippen molar-refractivity contribution in [3.63, 3.8) is 0 Å². The molecule has 0 spiro atoms. The molecule has 5 heteroatoms. The van der Waals surface area contributed by atoms with Crippen LogP contribution >= 0.6 is 23.5 Å². The monoisotopic (exact) mass is 312 g/mol. The number of hydrogen-bond donors (Lipinski definition) is 1. The molecule has 0 bridgehead atoms. The van der Waals surface area contributed by atoms with Crippen LogP contribution in [0.2, 0.25) is 0 Å². The topological polar surface area (TPSA) is 35.8 Å². The Labute approximate surface area is 130 Å². The second kappa shape index (κ2) is 9.32. The van der Waals surface area contributed by atoms with E-state index < -0.39 is 0 Å². The highest BCUT2D eigenvalue weighted by Crippen LogP contribution is 2.23. The molecule has 0 aliphatic carbocycles. The Morgan fingerprint density at radius 2 is 2.05 bits per heavy atom. The van der Waals surface area contributed by atoms with Gasteiger partial charge in [0, 0.05) is 24.4 Å². The van der Waals surface area contributed by atoms with Crippen molar-refractivity contribution in [1.29, 1.82) is 0 Å². The normalized spacial score (nSPS) is 12.2. The number of thioether (sulfide) groups is 2. The predicted octanol–water partition coefficient (Wildman–Crippen LogP) is 3.11. The van der Waals surface area contributed by atoms with Crippen molar-refractivity contribution in [1.82, 2.24) is 4.90 Å². The van der Waals surface area contributed by atoms with Crippen molar-refractivity contribution in [3.8, 4) is 5.75 Å². The average Bonchev–Trinajstić information content (AvgIpc) is 2.44. The fraction of sp³-hybridized carbons (Fsp3) is 0.533. The van der Waals surface area contributed by atoms with Gasteiger partial charge in [0.1, 0.15) is 10.8 Å². The zero-order chi connectivity index (χ0) is 15.0. The summed E-state index contributed by atoms with van der Waals surface area (Å²) in [6.07, 6.45) is 4.12. The molecule has 0 aliphatic rings. The molecule has 0 heterocycles. The summed E-state index contributed by atoms with van der Waals surface area (Å²) in [7, 11) is 2.12. The van der Waals surface area contributed by atoms with Crippen molar-refractivity contribution in [2.75, 3.05) is 44.9 Å². The zero-order valence-electron chi connectivity index (χ0n) is 12.7. The minimum Gasteiger partial charge on any atom is -0.507 e. The zero-order valence-corrected chi connectivity index (χ0v) is 14.4. The summed E-state index contributed by atoms with van der Waals surface area (Å²) in [5.41, 5.74) is 1.97. The van der Waals surface area contributed by atoms with Crippen molar-refractivity contribution >= 4 is 28.6 Å². The van der Waals surface area contributed by atoms with E-state index in [2.05, 4.69) is 23.2 Å². The molecule has 0 saturated heterocycles. The van der Waals surface area contributed by atoms with Gasteiger partial charge in [-0.2, -0.15) is 11.8 Å². The maximum Gasteiger partial charge on any atom is 0.125 e. The number of phenolic OH excluding ortho intramolecular Hbond substituents is 1. The van der Waals surface area contributed by atoms with E-state index in [1.54, 1.807) is 17.8 Å². The first-order valence-electron chi connectivity index (χ1n) is 6.64. The van der Waals surface area contributed by atoms with Crippen LogP contribution in [0.1, 0.15) is 11.1 Å². The van der Waals surface area contributed by atoms with Crippen LogP contribution in [-0.4, -0.2) is 60.0 Å². The molecule has 1 rings (SSSR count). The minimum absolute atomic E-state index is 0.305. The molecule has 0 amide bonds. The van der Waals surface area contributed by atoms with E-state index >= 15 is 0 Å². The van der Waals surface area contributed by atoms with Crippen molar-refractivity contribution in [2.24, 2.45) is 4.99 Å². The molecule has 0 aromatic heterocycles. The standard InChI is InChI=1S/C15H24N2OS2/c1-12-5-6-14(18)13(11-12)15(20-4)16-7-8-17(2)9-10-19-3/h5-6,11,18H,7-10H2,1-4H3. The van der Waals surface area contributed by atoms with Gasteiger partial charge >= 0.3 is 0 Å². The van der Waals surface area contributed by atoms with E-state index in [0.29, 0.717) is 5.75 Å². The lowest BCUT2D eigenvalue weighted by molar-refractivity contribution is 0.366. The number of rotatable bonds is 7. The number of nitrogens with zero attached hydrogens (tertiary/aromatic N) is 2. The highest BCUT2D eigenvalue weighted by atomic mass is 32.2. The average molecular weight is 313 g/mol. The molecule has 0 unspecified atom stereocenters. The van der Waals surface area contributed by atoms with Gasteiger partial charge in [-0.05, 0) is 38.6 Å². The van der Waals surface area contributed by atoms with Crippen LogP contribution in [0.3, 0.4) is 0 Å². The third kappa shape index (κ3) is 5.77. The van der Waals surface area contributed by atoms with Crippen molar-refractivity contribution in [3.05, 3.63) is 29.3 Å². The van der Waals surface area contributed by atoms with E-state index in [1.165, 1.54) is 0 Å². The molecule has 0 aliphatic heterocycles. The minimum atomic E-state index is 0.305. The van der Waals surface area contributed by atoms with Crippen LogP contribution in [0, 0.1) is 6.92 Å². The van der Waals surface area contributed by atoms with E-state index in [4.69, 9.17) is 0 Å². The van der Waals surface area contributed by atoms with Gasteiger partial charge in [0.25, 0.3) is 0 Å². The maximum absolute atomic E-state index is 9.95. The lowest BCUT2D eigenvalue weighted by atomic mass is 10.1. The number of phenols is 1. The number of aliphatic imine (C=N–C) groups is 1. The summed E-state index contributed by atoms with van der Waals surface area (Å²) in [4.78, 5) is 6.92. The summed E-state index contributed by atoms with van der Waals surface area (Å²) in [5.74, 6) is 1.45. The fourth-order valence-corrected chi connectivity index (χ4v) is 2.86. The fourth-order valence-electron chi connectivity index (χ4n) is 1.76. The molecule has 112 valence electrons. The number of aryl methyl sites for hydroxylation is 1. The number of likely N-dealkylation sites (N-methyl/N-ethyl adjacent to an activating group) is 1. The molecular formula is C15H24N2OS2. The first-order chi connectivity index (χ1) is 9.58. The van der Waals surface area contributed by atoms with Crippen LogP contribution in [0.4, 0.5) is 0 Å². The Bertz CT molecular complexity index is 449. The summed E-state index contributed by atoms with van der Waals surface area (Å²) in [6, 6.07) is 5.63. The Balaban J connectivity index is 2.65. The largest absolute Gasteiger partial charge is 0.507 e. The maximum atomic E-state index is 9.95. The SMILES string of the molecule is CSCCN(C)CCN=C(SC)c1cc(C)ccc1O. The van der Waals surface area contributed by atoms with Crippen LogP contribution in [0.5, 0.6) is 5.75 Å². The van der Waals surface area contributed by atoms with E-state index in [0.717, 1.165) is 41.6 Å². The first kappa shape index (κ1) is 17.4. The second-order valence-electron chi connectivity index (χ2n) is 4.71. The Kier molecular flexibility index (Phi) is 8.11. The van der Waals surface area contributed by atoms with Gasteiger partial charge in [-0.25, -0.2) is 0 Å². The summed E-state index contributed by atoms with van der Waals surface area (Å²) in [6.45, 7) is 4.81. The first-order valence-corrected chi connectivity index (χ1v) is 9.26. The molecule has 1 aromatic carbocycles. The molecule has 0 radical (unpaired) electrons.